The molecule has 1 heteroatoms. The summed E-state index contributed by atoms with van der Waals surface area (Å²) in [5.74, 6) is 6.73. The number of nitrogens with zero attached hydrogens (tertiary/aromatic N) is 1. The van der Waals surface area contributed by atoms with Gasteiger partial charge in [0.2, 0.25) is 0 Å². The number of rotatable bonds is 3. The molecule has 1 fully saturated rings. The van der Waals surface area contributed by atoms with Gasteiger partial charge in [0.15, 0.2) is 0 Å². The first-order chi connectivity index (χ1) is 6.07. The Bertz CT molecular complexity index is 217. The van der Waals surface area contributed by atoms with E-state index in [1.807, 2.05) is 0 Å². The van der Waals surface area contributed by atoms with Crippen molar-refractivity contribution in [3.8, 4) is 11.8 Å². The van der Waals surface area contributed by atoms with Crippen LogP contribution >= 0.6 is 0 Å². The minimum Gasteiger partial charge on any atom is -0.293 e. The van der Waals surface area contributed by atoms with E-state index in [0.29, 0.717) is 11.5 Å². The van der Waals surface area contributed by atoms with Gasteiger partial charge < -0.3 is 0 Å². The minimum absolute atomic E-state index is 0.376. The predicted octanol–water partition coefficient (Wildman–Crippen LogP) is 2.52. The van der Waals surface area contributed by atoms with Gasteiger partial charge in [-0.3, -0.25) is 4.90 Å². The lowest BCUT2D eigenvalue weighted by atomic mass is 10.1. The van der Waals surface area contributed by atoms with Crippen molar-refractivity contribution in [1.82, 2.24) is 4.90 Å². The maximum absolute atomic E-state index is 3.38. The largest absolute Gasteiger partial charge is 0.293 e. The van der Waals surface area contributed by atoms with E-state index in [1.54, 1.807) is 0 Å². The third-order valence-electron chi connectivity index (χ3n) is 2.82. The Morgan fingerprint density at radius 3 is 2.54 bits per heavy atom. The molecule has 0 aromatic heterocycles. The third kappa shape index (κ3) is 3.40. The van der Waals surface area contributed by atoms with Crippen LogP contribution in [0.5, 0.6) is 0 Å². The summed E-state index contributed by atoms with van der Waals surface area (Å²) in [5, 5.41) is 0. The molecule has 0 saturated heterocycles. The maximum atomic E-state index is 3.38. The second kappa shape index (κ2) is 4.15. The van der Waals surface area contributed by atoms with Crippen LogP contribution in [0, 0.1) is 17.3 Å². The van der Waals surface area contributed by atoms with E-state index in [9.17, 15) is 0 Å². The fraction of sp³-hybridized carbons (Fsp3) is 0.833. The Labute approximate surface area is 82.5 Å². The summed E-state index contributed by atoms with van der Waals surface area (Å²) < 4.78 is 0. The van der Waals surface area contributed by atoms with Gasteiger partial charge in [-0.05, 0) is 46.7 Å². The van der Waals surface area contributed by atoms with Gasteiger partial charge in [0.1, 0.15) is 0 Å². The van der Waals surface area contributed by atoms with E-state index in [2.05, 4.69) is 44.6 Å². The first kappa shape index (κ1) is 10.6. The summed E-state index contributed by atoms with van der Waals surface area (Å²) in [6.07, 6.45) is 3.80. The zero-order valence-corrected chi connectivity index (χ0v) is 9.35. The second-order valence-corrected chi connectivity index (χ2v) is 4.49. The highest BCUT2D eigenvalue weighted by Gasteiger charge is 2.35. The van der Waals surface area contributed by atoms with Crippen LogP contribution in [-0.2, 0) is 0 Å². The lowest BCUT2D eigenvalue weighted by molar-refractivity contribution is 0.305. The van der Waals surface area contributed by atoms with Gasteiger partial charge in [0.05, 0.1) is 6.04 Å². The van der Waals surface area contributed by atoms with Crippen molar-refractivity contribution in [3.05, 3.63) is 0 Å². The molecule has 0 aromatic carbocycles. The highest BCUT2D eigenvalue weighted by atomic mass is 15.1. The summed E-state index contributed by atoms with van der Waals surface area (Å²) in [7, 11) is 2.15. The molecule has 0 aliphatic heterocycles. The highest BCUT2D eigenvalue weighted by Crippen LogP contribution is 2.44. The molecule has 13 heavy (non-hydrogen) atoms. The average Bonchev–Trinajstić information content (AvgIpc) is 2.81. The fourth-order valence-corrected chi connectivity index (χ4v) is 1.25. The Balaban J connectivity index is 2.37. The van der Waals surface area contributed by atoms with Crippen molar-refractivity contribution < 1.29 is 0 Å². The van der Waals surface area contributed by atoms with E-state index in [4.69, 9.17) is 0 Å². The zero-order chi connectivity index (χ0) is 9.90. The van der Waals surface area contributed by atoms with Crippen LogP contribution in [0.15, 0.2) is 0 Å². The number of hydrogen-bond donors (Lipinski definition) is 0. The highest BCUT2D eigenvalue weighted by molar-refractivity contribution is 5.20. The molecule has 74 valence electrons. The topological polar surface area (TPSA) is 3.24 Å². The molecule has 1 atom stereocenters. The van der Waals surface area contributed by atoms with Crippen LogP contribution in [0.3, 0.4) is 0 Å². The maximum Gasteiger partial charge on any atom is 0.0683 e. The van der Waals surface area contributed by atoms with E-state index in [0.717, 1.165) is 6.54 Å². The van der Waals surface area contributed by atoms with E-state index in [-0.39, 0.29) is 0 Å². The van der Waals surface area contributed by atoms with Crippen molar-refractivity contribution in [2.75, 3.05) is 13.6 Å². The Morgan fingerprint density at radius 1 is 1.46 bits per heavy atom. The quantitative estimate of drug-likeness (QED) is 0.602. The van der Waals surface area contributed by atoms with Crippen LogP contribution in [0.1, 0.15) is 40.0 Å². The fourth-order valence-electron chi connectivity index (χ4n) is 1.25. The van der Waals surface area contributed by atoms with Gasteiger partial charge in [-0.2, -0.15) is 0 Å². The molecule has 0 aromatic rings. The molecule has 0 bridgehead atoms. The second-order valence-electron chi connectivity index (χ2n) is 4.49. The molecule has 0 spiro atoms. The van der Waals surface area contributed by atoms with Crippen LogP contribution in [0.2, 0.25) is 0 Å². The van der Waals surface area contributed by atoms with Crippen LogP contribution in [-0.4, -0.2) is 24.5 Å². The molecule has 1 rings (SSSR count). The molecular formula is C12H21N. The standard InChI is InChI=1S/C12H21N/c1-5-10-13(4)11(2)6-7-12(3)8-9-12/h11H,5,8-10H2,1-4H3. The van der Waals surface area contributed by atoms with Gasteiger partial charge in [0.25, 0.3) is 0 Å². The third-order valence-corrected chi connectivity index (χ3v) is 2.82. The molecule has 1 saturated carbocycles. The van der Waals surface area contributed by atoms with Crippen molar-refractivity contribution in [3.63, 3.8) is 0 Å². The Hall–Kier alpha value is -0.480. The summed E-state index contributed by atoms with van der Waals surface area (Å²) >= 11 is 0. The first-order valence-corrected chi connectivity index (χ1v) is 5.30. The van der Waals surface area contributed by atoms with Crippen LogP contribution < -0.4 is 0 Å². The monoisotopic (exact) mass is 179 g/mol. The van der Waals surface area contributed by atoms with Crippen molar-refractivity contribution in [2.45, 2.75) is 46.1 Å². The van der Waals surface area contributed by atoms with E-state index < -0.39 is 0 Å². The van der Waals surface area contributed by atoms with Crippen molar-refractivity contribution >= 4 is 0 Å². The van der Waals surface area contributed by atoms with Crippen LogP contribution in [0.4, 0.5) is 0 Å². The Kier molecular flexibility index (Phi) is 3.39. The van der Waals surface area contributed by atoms with E-state index in [1.165, 1.54) is 19.3 Å². The average molecular weight is 179 g/mol. The smallest absolute Gasteiger partial charge is 0.0683 e. The lowest BCUT2D eigenvalue weighted by Gasteiger charge is -2.19. The lowest BCUT2D eigenvalue weighted by Crippen LogP contribution is -2.28. The van der Waals surface area contributed by atoms with Gasteiger partial charge >= 0.3 is 0 Å². The van der Waals surface area contributed by atoms with Gasteiger partial charge in [-0.25, -0.2) is 0 Å². The molecular weight excluding hydrogens is 158 g/mol. The molecule has 1 aliphatic carbocycles. The molecule has 1 nitrogen and oxygen atoms in total. The minimum atomic E-state index is 0.376. The zero-order valence-electron chi connectivity index (χ0n) is 9.35. The number of hydrogen-bond acceptors (Lipinski definition) is 1. The molecule has 1 unspecified atom stereocenters. The van der Waals surface area contributed by atoms with Gasteiger partial charge in [0, 0.05) is 5.41 Å². The molecule has 0 radical (unpaired) electrons. The molecule has 0 heterocycles. The van der Waals surface area contributed by atoms with E-state index >= 15 is 0 Å². The van der Waals surface area contributed by atoms with Gasteiger partial charge in [-0.15, -0.1) is 0 Å². The summed E-state index contributed by atoms with van der Waals surface area (Å²) in [4.78, 5) is 2.32. The Morgan fingerprint density at radius 2 is 2.08 bits per heavy atom. The predicted molar refractivity (Wildman–Crippen MR) is 57.5 cm³/mol. The molecule has 0 amide bonds. The summed E-state index contributed by atoms with van der Waals surface area (Å²) in [5.41, 5.74) is 0.376. The molecule has 1 aliphatic rings. The summed E-state index contributed by atoms with van der Waals surface area (Å²) in [6, 6.07) is 0.414. The normalized spacial score (nSPS) is 20.7. The van der Waals surface area contributed by atoms with Crippen LogP contribution in [0.25, 0.3) is 0 Å². The SMILES string of the molecule is CCCN(C)C(C)C#CC1(C)CC1. The van der Waals surface area contributed by atoms with Crippen molar-refractivity contribution in [2.24, 2.45) is 5.41 Å². The van der Waals surface area contributed by atoms with Crippen molar-refractivity contribution in [1.29, 1.82) is 0 Å². The molecule has 0 N–H and O–H groups in total. The summed E-state index contributed by atoms with van der Waals surface area (Å²) in [6.45, 7) is 7.80. The first-order valence-electron chi connectivity index (χ1n) is 5.30. The van der Waals surface area contributed by atoms with Gasteiger partial charge in [-0.1, -0.05) is 18.8 Å².